The van der Waals surface area contributed by atoms with Crippen LogP contribution in [-0.2, 0) is 0 Å². The highest BCUT2D eigenvalue weighted by molar-refractivity contribution is 5.31. The van der Waals surface area contributed by atoms with Gasteiger partial charge in [-0.1, -0.05) is 30.4 Å². The zero-order valence-corrected chi connectivity index (χ0v) is 7.39. The molecule has 0 spiro atoms. The topological polar surface area (TPSA) is 0 Å². The zero-order valence-electron chi connectivity index (χ0n) is 7.39. The molecule has 0 aromatic heterocycles. The summed E-state index contributed by atoms with van der Waals surface area (Å²) in [6, 6.07) is 6.50. The third-order valence-corrected chi connectivity index (χ3v) is 1.94. The maximum Gasteiger partial charge on any atom is -0.0270 e. The normalized spacial score (nSPS) is 14.1. The van der Waals surface area contributed by atoms with Crippen LogP contribution in [0.2, 0.25) is 0 Å². The number of hydrogen-bond acceptors (Lipinski definition) is 0. The molecule has 0 nitrogen and oxygen atoms in total. The van der Waals surface area contributed by atoms with Gasteiger partial charge in [0, 0.05) is 0 Å². The van der Waals surface area contributed by atoms with E-state index in [1.54, 1.807) is 0 Å². The van der Waals surface area contributed by atoms with E-state index in [1.165, 1.54) is 16.0 Å². The van der Waals surface area contributed by atoms with Gasteiger partial charge in [-0.15, -0.1) is 0 Å². The summed E-state index contributed by atoms with van der Waals surface area (Å²) in [5.74, 6) is 0. The Labute approximate surface area is 67.9 Å². The highest BCUT2D eigenvalue weighted by atomic mass is 13.9. The summed E-state index contributed by atoms with van der Waals surface area (Å²) in [6.07, 6.45) is 4.25. The summed E-state index contributed by atoms with van der Waals surface area (Å²) in [7, 11) is 0. The minimum atomic E-state index is 1.30. The molecular formula is C11H14. The Balaban J connectivity index is 3.44. The molecule has 0 amide bonds. The van der Waals surface area contributed by atoms with E-state index in [2.05, 4.69) is 51.1 Å². The lowest BCUT2D eigenvalue weighted by Gasteiger charge is -1.92. The van der Waals surface area contributed by atoms with Crippen molar-refractivity contribution in [3.8, 4) is 0 Å². The Kier molecular flexibility index (Phi) is 2.48. The number of aryl methyl sites for hydroxylation is 1. The van der Waals surface area contributed by atoms with Crippen molar-refractivity contribution in [1.82, 2.24) is 0 Å². The van der Waals surface area contributed by atoms with E-state index < -0.39 is 0 Å². The van der Waals surface area contributed by atoms with Crippen molar-refractivity contribution >= 4 is 12.2 Å². The minimum absolute atomic E-state index is 1.30. The molecule has 0 N–H and O–H groups in total. The molecule has 0 saturated heterocycles. The molecule has 0 fully saturated rings. The van der Waals surface area contributed by atoms with E-state index >= 15 is 0 Å². The predicted octanol–water partition coefficient (Wildman–Crippen LogP) is 1.60. The number of benzene rings is 1. The third-order valence-electron chi connectivity index (χ3n) is 1.94. The van der Waals surface area contributed by atoms with Crippen LogP contribution in [0.25, 0.3) is 12.2 Å². The Morgan fingerprint density at radius 1 is 1.09 bits per heavy atom. The van der Waals surface area contributed by atoms with Crippen LogP contribution in [0.3, 0.4) is 0 Å². The highest BCUT2D eigenvalue weighted by Crippen LogP contribution is 1.82. The first-order valence-corrected chi connectivity index (χ1v) is 3.97. The first-order chi connectivity index (χ1) is 5.27. The third kappa shape index (κ3) is 1.70. The van der Waals surface area contributed by atoms with Crippen molar-refractivity contribution in [1.29, 1.82) is 0 Å². The Morgan fingerprint density at radius 3 is 2.27 bits per heavy atom. The molecule has 0 aliphatic heterocycles. The molecule has 0 bridgehead atoms. The average Bonchev–Trinajstić information content (AvgIpc) is 2.04. The summed E-state index contributed by atoms with van der Waals surface area (Å²) in [5, 5.41) is 2.63. The molecule has 0 unspecified atom stereocenters. The Hall–Kier alpha value is -1.04. The summed E-state index contributed by atoms with van der Waals surface area (Å²) in [6.45, 7) is 6.27. The maximum absolute atomic E-state index is 2.20. The van der Waals surface area contributed by atoms with Gasteiger partial charge in [-0.2, -0.15) is 0 Å². The van der Waals surface area contributed by atoms with E-state index in [0.29, 0.717) is 0 Å². The largest absolute Gasteiger partial charge is 0.0804 e. The predicted molar refractivity (Wildman–Crippen MR) is 50.7 cm³/mol. The molecule has 1 rings (SSSR count). The molecule has 0 aliphatic rings. The number of hydrogen-bond donors (Lipinski definition) is 0. The highest BCUT2D eigenvalue weighted by Gasteiger charge is 1.84. The Morgan fingerprint density at radius 2 is 1.82 bits per heavy atom. The van der Waals surface area contributed by atoms with E-state index in [4.69, 9.17) is 0 Å². The van der Waals surface area contributed by atoms with Gasteiger partial charge in [0.1, 0.15) is 0 Å². The van der Waals surface area contributed by atoms with Crippen molar-refractivity contribution in [2.75, 3.05) is 0 Å². The lowest BCUT2D eigenvalue weighted by Crippen LogP contribution is -2.10. The van der Waals surface area contributed by atoms with Crippen LogP contribution in [0.1, 0.15) is 19.4 Å². The molecule has 11 heavy (non-hydrogen) atoms. The summed E-state index contributed by atoms with van der Waals surface area (Å²) in [5.41, 5.74) is 1.35. The van der Waals surface area contributed by atoms with Crippen LogP contribution in [-0.4, -0.2) is 0 Å². The molecule has 1 aromatic rings. The second-order valence-corrected chi connectivity index (χ2v) is 2.69. The van der Waals surface area contributed by atoms with E-state index in [-0.39, 0.29) is 0 Å². The molecule has 0 heteroatoms. The average molecular weight is 146 g/mol. The minimum Gasteiger partial charge on any atom is -0.0804 e. The standard InChI is InChI=1S/C11H14/c1-4-10-6-7-11(5-2)9(3)8-10/h4-8H,1-3H3/b10-4+,11-5-. The monoisotopic (exact) mass is 146 g/mol. The van der Waals surface area contributed by atoms with E-state index in [9.17, 15) is 0 Å². The van der Waals surface area contributed by atoms with Gasteiger partial charge < -0.3 is 0 Å². The van der Waals surface area contributed by atoms with Crippen molar-refractivity contribution in [3.63, 3.8) is 0 Å². The second-order valence-electron chi connectivity index (χ2n) is 2.69. The van der Waals surface area contributed by atoms with Gasteiger partial charge in [0.2, 0.25) is 0 Å². The van der Waals surface area contributed by atoms with Crippen LogP contribution >= 0.6 is 0 Å². The van der Waals surface area contributed by atoms with Crippen LogP contribution in [0.5, 0.6) is 0 Å². The SMILES string of the molecule is C/C=c1/cc/c(=C\C)cc1C. The molecule has 58 valence electrons. The van der Waals surface area contributed by atoms with Crippen LogP contribution in [0, 0.1) is 6.92 Å². The summed E-state index contributed by atoms with van der Waals surface area (Å²) < 4.78 is 0. The van der Waals surface area contributed by atoms with Crippen LogP contribution < -0.4 is 10.4 Å². The number of rotatable bonds is 0. The van der Waals surface area contributed by atoms with Crippen molar-refractivity contribution in [3.05, 3.63) is 34.2 Å². The van der Waals surface area contributed by atoms with Crippen LogP contribution in [0.4, 0.5) is 0 Å². The fraction of sp³-hybridized carbons (Fsp3) is 0.273. The zero-order chi connectivity index (χ0) is 8.27. The Bertz CT molecular complexity index is 345. The van der Waals surface area contributed by atoms with Gasteiger partial charge >= 0.3 is 0 Å². The summed E-state index contributed by atoms with van der Waals surface area (Å²) >= 11 is 0. The second kappa shape index (κ2) is 3.38. The van der Waals surface area contributed by atoms with Gasteiger partial charge in [-0.3, -0.25) is 0 Å². The van der Waals surface area contributed by atoms with Crippen molar-refractivity contribution in [2.45, 2.75) is 20.8 Å². The molecule has 0 atom stereocenters. The van der Waals surface area contributed by atoms with Gasteiger partial charge in [0.15, 0.2) is 0 Å². The molecular weight excluding hydrogens is 132 g/mol. The first kappa shape index (κ1) is 8.06. The van der Waals surface area contributed by atoms with E-state index in [1.807, 2.05) is 0 Å². The lowest BCUT2D eigenvalue weighted by atomic mass is 10.1. The first-order valence-electron chi connectivity index (χ1n) is 3.97. The fourth-order valence-corrected chi connectivity index (χ4v) is 1.20. The summed E-state index contributed by atoms with van der Waals surface area (Å²) in [4.78, 5) is 0. The smallest absolute Gasteiger partial charge is 0.0270 e. The molecule has 0 aliphatic carbocycles. The van der Waals surface area contributed by atoms with Gasteiger partial charge in [0.05, 0.1) is 0 Å². The maximum atomic E-state index is 2.20. The molecule has 0 radical (unpaired) electrons. The lowest BCUT2D eigenvalue weighted by molar-refractivity contribution is 1.37. The quantitative estimate of drug-likeness (QED) is 0.521. The van der Waals surface area contributed by atoms with Crippen molar-refractivity contribution in [2.24, 2.45) is 0 Å². The fourth-order valence-electron chi connectivity index (χ4n) is 1.20. The van der Waals surface area contributed by atoms with Crippen molar-refractivity contribution < 1.29 is 0 Å². The van der Waals surface area contributed by atoms with Gasteiger partial charge in [-0.05, 0) is 36.8 Å². The van der Waals surface area contributed by atoms with Gasteiger partial charge in [-0.25, -0.2) is 0 Å². The van der Waals surface area contributed by atoms with Crippen LogP contribution in [0.15, 0.2) is 18.2 Å². The molecule has 0 saturated carbocycles. The molecule has 0 heterocycles. The van der Waals surface area contributed by atoms with Gasteiger partial charge in [0.25, 0.3) is 0 Å². The van der Waals surface area contributed by atoms with E-state index in [0.717, 1.165) is 0 Å². The molecule has 1 aromatic carbocycles.